The van der Waals surface area contributed by atoms with Crippen LogP contribution in [0.4, 0.5) is 0 Å². The summed E-state index contributed by atoms with van der Waals surface area (Å²) >= 11 is 1.57. The second-order valence-corrected chi connectivity index (χ2v) is 8.27. The molecule has 30 heavy (non-hydrogen) atoms. The summed E-state index contributed by atoms with van der Waals surface area (Å²) in [5.74, 6) is 1.67. The molecule has 0 radical (unpaired) electrons. The molecule has 0 atom stereocenters. The number of benzene rings is 1. The predicted octanol–water partition coefficient (Wildman–Crippen LogP) is 3.85. The molecule has 4 heterocycles. The Hall–Kier alpha value is -3.26. The Kier molecular flexibility index (Phi) is 5.15. The third-order valence-corrected chi connectivity index (χ3v) is 6.20. The van der Waals surface area contributed by atoms with Crippen LogP contribution in [-0.4, -0.2) is 30.5 Å². The van der Waals surface area contributed by atoms with Crippen LogP contribution in [0.1, 0.15) is 41.3 Å². The van der Waals surface area contributed by atoms with E-state index >= 15 is 0 Å². The van der Waals surface area contributed by atoms with Gasteiger partial charge >= 0.3 is 0 Å². The molecular weight excluding hydrogens is 396 g/mol. The van der Waals surface area contributed by atoms with E-state index in [9.17, 15) is 4.79 Å². The summed E-state index contributed by atoms with van der Waals surface area (Å²) in [6.07, 6.45) is 6.22. The molecule has 0 spiro atoms. The fourth-order valence-corrected chi connectivity index (χ4v) is 4.50. The SMILES string of the molecule is O=C(NCc1nnc2n1CCCCC2)c1cn(-c2ccccc2)nc1-c1cccs1. The standard InChI is InChI=1S/C22H22N6OS/c29-22(23-14-20-25-24-19-11-5-2-6-12-27(19)20)17-15-28(16-8-3-1-4-9-16)26-21(17)18-10-7-13-30-18/h1,3-4,7-10,13,15H,2,5-6,11-12,14H2,(H,23,29). The molecule has 8 heteroatoms. The first kappa shape index (κ1) is 18.7. The zero-order valence-corrected chi connectivity index (χ0v) is 17.3. The molecule has 0 bridgehead atoms. The number of amides is 1. The average molecular weight is 419 g/mol. The molecule has 3 aromatic heterocycles. The van der Waals surface area contributed by atoms with Gasteiger partial charge < -0.3 is 9.88 Å². The summed E-state index contributed by atoms with van der Waals surface area (Å²) in [5, 5.41) is 18.3. The average Bonchev–Trinajstić information content (AvgIpc) is 3.50. The van der Waals surface area contributed by atoms with Gasteiger partial charge in [-0.15, -0.1) is 21.5 Å². The van der Waals surface area contributed by atoms with Crippen molar-refractivity contribution in [3.05, 3.63) is 71.3 Å². The lowest BCUT2D eigenvalue weighted by atomic mass is 10.2. The number of aryl methyl sites for hydroxylation is 1. The summed E-state index contributed by atoms with van der Waals surface area (Å²) in [6.45, 7) is 1.27. The number of carbonyl (C=O) groups excluding carboxylic acids is 1. The normalized spacial score (nSPS) is 13.6. The van der Waals surface area contributed by atoms with Crippen LogP contribution in [0.15, 0.2) is 54.0 Å². The Morgan fingerprint density at radius 3 is 2.80 bits per heavy atom. The van der Waals surface area contributed by atoms with Gasteiger partial charge in [0.05, 0.1) is 22.7 Å². The summed E-state index contributed by atoms with van der Waals surface area (Å²) in [5.41, 5.74) is 2.15. The van der Waals surface area contributed by atoms with Crippen LogP contribution in [0, 0.1) is 0 Å². The molecule has 152 valence electrons. The van der Waals surface area contributed by atoms with Crippen molar-refractivity contribution < 1.29 is 4.79 Å². The number of rotatable bonds is 5. The number of thiophene rings is 1. The second-order valence-electron chi connectivity index (χ2n) is 7.33. The van der Waals surface area contributed by atoms with Gasteiger partial charge in [-0.3, -0.25) is 4.79 Å². The molecule has 0 aliphatic carbocycles. The van der Waals surface area contributed by atoms with Gasteiger partial charge in [-0.1, -0.05) is 30.7 Å². The summed E-state index contributed by atoms with van der Waals surface area (Å²) in [7, 11) is 0. The molecule has 1 amide bonds. The van der Waals surface area contributed by atoms with Gasteiger partial charge in [0.25, 0.3) is 5.91 Å². The van der Waals surface area contributed by atoms with E-state index in [-0.39, 0.29) is 5.91 Å². The fraction of sp³-hybridized carbons (Fsp3) is 0.273. The maximum Gasteiger partial charge on any atom is 0.255 e. The molecular formula is C22H22N6OS. The van der Waals surface area contributed by atoms with E-state index < -0.39 is 0 Å². The Bertz CT molecular complexity index is 1150. The van der Waals surface area contributed by atoms with Gasteiger partial charge in [-0.05, 0) is 36.4 Å². The van der Waals surface area contributed by atoms with Crippen LogP contribution < -0.4 is 5.32 Å². The van der Waals surface area contributed by atoms with Crippen molar-refractivity contribution in [2.45, 2.75) is 38.8 Å². The van der Waals surface area contributed by atoms with Gasteiger partial charge in [-0.25, -0.2) is 4.68 Å². The highest BCUT2D eigenvalue weighted by Gasteiger charge is 2.21. The van der Waals surface area contributed by atoms with E-state index in [1.807, 2.05) is 47.8 Å². The number of fused-ring (bicyclic) bond motifs is 1. The molecule has 5 rings (SSSR count). The van der Waals surface area contributed by atoms with Gasteiger partial charge in [-0.2, -0.15) is 5.10 Å². The second kappa shape index (κ2) is 8.23. The van der Waals surface area contributed by atoms with Crippen molar-refractivity contribution in [1.29, 1.82) is 0 Å². The molecule has 1 aliphatic heterocycles. The summed E-state index contributed by atoms with van der Waals surface area (Å²) in [6, 6.07) is 13.8. The van der Waals surface area contributed by atoms with E-state index in [1.54, 1.807) is 22.2 Å². The Balaban J connectivity index is 1.41. The molecule has 0 unspecified atom stereocenters. The van der Waals surface area contributed by atoms with Crippen molar-refractivity contribution >= 4 is 17.2 Å². The topological polar surface area (TPSA) is 77.6 Å². The summed E-state index contributed by atoms with van der Waals surface area (Å²) in [4.78, 5) is 14.1. The zero-order valence-electron chi connectivity index (χ0n) is 16.5. The molecule has 4 aromatic rings. The van der Waals surface area contributed by atoms with Crippen LogP contribution in [-0.2, 0) is 19.5 Å². The van der Waals surface area contributed by atoms with Crippen LogP contribution in [0.25, 0.3) is 16.3 Å². The van der Waals surface area contributed by atoms with Crippen molar-refractivity contribution in [2.24, 2.45) is 0 Å². The number of hydrogen-bond donors (Lipinski definition) is 1. The molecule has 1 N–H and O–H groups in total. The monoisotopic (exact) mass is 418 g/mol. The predicted molar refractivity (Wildman–Crippen MR) is 116 cm³/mol. The highest BCUT2D eigenvalue weighted by Crippen LogP contribution is 2.28. The molecule has 0 saturated carbocycles. The highest BCUT2D eigenvalue weighted by atomic mass is 32.1. The largest absolute Gasteiger partial charge is 0.345 e. The third kappa shape index (κ3) is 3.66. The quantitative estimate of drug-likeness (QED) is 0.534. The minimum atomic E-state index is -0.161. The highest BCUT2D eigenvalue weighted by molar-refractivity contribution is 7.13. The first-order chi connectivity index (χ1) is 14.8. The first-order valence-electron chi connectivity index (χ1n) is 10.2. The van der Waals surface area contributed by atoms with Crippen LogP contribution >= 0.6 is 11.3 Å². The van der Waals surface area contributed by atoms with Gasteiger partial charge in [0.1, 0.15) is 11.5 Å². The minimum Gasteiger partial charge on any atom is -0.345 e. The number of nitrogens with zero attached hydrogens (tertiary/aromatic N) is 5. The van der Waals surface area contributed by atoms with E-state index in [1.165, 1.54) is 6.42 Å². The molecule has 1 aliphatic rings. The Morgan fingerprint density at radius 2 is 1.97 bits per heavy atom. The molecule has 1 aromatic carbocycles. The smallest absolute Gasteiger partial charge is 0.255 e. The number of hydrogen-bond acceptors (Lipinski definition) is 5. The first-order valence-corrected chi connectivity index (χ1v) is 11.1. The van der Waals surface area contributed by atoms with E-state index in [0.717, 1.165) is 48.0 Å². The number of aromatic nitrogens is 5. The van der Waals surface area contributed by atoms with Crippen molar-refractivity contribution in [3.63, 3.8) is 0 Å². The Labute approximate surface area is 178 Å². The van der Waals surface area contributed by atoms with E-state index in [2.05, 4.69) is 20.1 Å². The van der Waals surface area contributed by atoms with Crippen LogP contribution in [0.5, 0.6) is 0 Å². The van der Waals surface area contributed by atoms with Crippen molar-refractivity contribution in [3.8, 4) is 16.3 Å². The Morgan fingerprint density at radius 1 is 1.07 bits per heavy atom. The number of para-hydroxylation sites is 1. The minimum absolute atomic E-state index is 0.161. The van der Waals surface area contributed by atoms with Gasteiger partial charge in [0.15, 0.2) is 5.82 Å². The van der Waals surface area contributed by atoms with Crippen molar-refractivity contribution in [2.75, 3.05) is 0 Å². The molecule has 7 nitrogen and oxygen atoms in total. The lowest BCUT2D eigenvalue weighted by Crippen LogP contribution is -2.25. The van der Waals surface area contributed by atoms with Gasteiger partial charge in [0.2, 0.25) is 0 Å². The third-order valence-electron chi connectivity index (χ3n) is 5.33. The maximum atomic E-state index is 13.1. The van der Waals surface area contributed by atoms with E-state index in [4.69, 9.17) is 5.10 Å². The number of nitrogens with one attached hydrogen (secondary N) is 1. The van der Waals surface area contributed by atoms with Gasteiger partial charge in [0, 0.05) is 19.2 Å². The number of carbonyl (C=O) groups is 1. The zero-order chi connectivity index (χ0) is 20.3. The van der Waals surface area contributed by atoms with Crippen LogP contribution in [0.3, 0.4) is 0 Å². The maximum absolute atomic E-state index is 13.1. The molecule has 0 fully saturated rings. The lowest BCUT2D eigenvalue weighted by Gasteiger charge is -2.08. The lowest BCUT2D eigenvalue weighted by molar-refractivity contribution is 0.0950. The van der Waals surface area contributed by atoms with Crippen LogP contribution in [0.2, 0.25) is 0 Å². The molecule has 0 saturated heterocycles. The van der Waals surface area contributed by atoms with E-state index in [0.29, 0.717) is 17.8 Å². The fourth-order valence-electron chi connectivity index (χ4n) is 3.78. The summed E-state index contributed by atoms with van der Waals surface area (Å²) < 4.78 is 3.91. The van der Waals surface area contributed by atoms with Crippen molar-refractivity contribution in [1.82, 2.24) is 29.9 Å².